The van der Waals surface area contributed by atoms with Gasteiger partial charge in [-0.2, -0.15) is 0 Å². The number of benzene rings is 7. The summed E-state index contributed by atoms with van der Waals surface area (Å²) in [6.07, 6.45) is 0. The Kier molecular flexibility index (Phi) is 5.82. The maximum atomic E-state index is 5.20. The maximum Gasteiger partial charge on any atom is 0.161 e. The summed E-state index contributed by atoms with van der Waals surface area (Å²) in [4.78, 5) is 10.4. The van der Waals surface area contributed by atoms with Gasteiger partial charge in [-0.15, -0.1) is 0 Å². The zero-order valence-electron chi connectivity index (χ0n) is 22.9. The van der Waals surface area contributed by atoms with E-state index in [1.807, 2.05) is 0 Å². The fourth-order valence-corrected chi connectivity index (χ4v) is 5.94. The van der Waals surface area contributed by atoms with E-state index in [0.29, 0.717) is 0 Å². The molecule has 8 rings (SSSR count). The van der Waals surface area contributed by atoms with E-state index in [2.05, 4.69) is 158 Å². The van der Waals surface area contributed by atoms with Crippen molar-refractivity contribution in [1.82, 2.24) is 9.97 Å². The zero-order chi connectivity index (χ0) is 27.9. The highest BCUT2D eigenvalue weighted by Gasteiger charge is 2.15. The van der Waals surface area contributed by atoms with Crippen LogP contribution in [0.5, 0.6) is 0 Å². The Balaban J connectivity index is 1.33. The number of rotatable bonds is 4. The van der Waals surface area contributed by atoms with Gasteiger partial charge in [0.15, 0.2) is 5.82 Å². The van der Waals surface area contributed by atoms with E-state index in [9.17, 15) is 0 Å². The Hall–Kier alpha value is -5.60. The topological polar surface area (TPSA) is 25.8 Å². The van der Waals surface area contributed by atoms with Crippen LogP contribution in [-0.4, -0.2) is 9.97 Å². The van der Waals surface area contributed by atoms with Crippen molar-refractivity contribution in [2.45, 2.75) is 0 Å². The van der Waals surface area contributed by atoms with Crippen LogP contribution in [0.3, 0.4) is 0 Å². The van der Waals surface area contributed by atoms with Crippen molar-refractivity contribution in [2.24, 2.45) is 0 Å². The first-order chi connectivity index (χ1) is 20.8. The normalized spacial score (nSPS) is 11.3. The largest absolute Gasteiger partial charge is 0.228 e. The molecular formula is C40H26N2. The minimum atomic E-state index is 0.728. The molecule has 42 heavy (non-hydrogen) atoms. The van der Waals surface area contributed by atoms with E-state index in [4.69, 9.17) is 9.97 Å². The van der Waals surface area contributed by atoms with Gasteiger partial charge in [-0.1, -0.05) is 140 Å². The molecule has 0 spiro atoms. The Bertz CT molecular complexity index is 2140. The molecule has 0 unspecified atom stereocenters. The molecule has 7 aromatic carbocycles. The van der Waals surface area contributed by atoms with Gasteiger partial charge in [0.25, 0.3) is 0 Å². The molecule has 2 heteroatoms. The second-order valence-electron chi connectivity index (χ2n) is 10.7. The number of hydrogen-bond acceptors (Lipinski definition) is 2. The molecule has 0 fully saturated rings. The van der Waals surface area contributed by atoms with Crippen molar-refractivity contribution in [3.8, 4) is 45.0 Å². The van der Waals surface area contributed by atoms with Crippen LogP contribution < -0.4 is 0 Å². The van der Waals surface area contributed by atoms with Gasteiger partial charge >= 0.3 is 0 Å². The smallest absolute Gasteiger partial charge is 0.161 e. The van der Waals surface area contributed by atoms with Gasteiger partial charge in [0.1, 0.15) is 0 Å². The highest BCUT2D eigenvalue weighted by Crippen LogP contribution is 2.35. The maximum absolute atomic E-state index is 5.20. The van der Waals surface area contributed by atoms with Gasteiger partial charge in [-0.25, -0.2) is 9.97 Å². The molecule has 0 aliphatic carbocycles. The van der Waals surface area contributed by atoms with Crippen LogP contribution in [0.4, 0.5) is 0 Å². The van der Waals surface area contributed by atoms with Gasteiger partial charge in [-0.3, -0.25) is 0 Å². The van der Waals surface area contributed by atoms with Crippen molar-refractivity contribution < 1.29 is 0 Å². The van der Waals surface area contributed by atoms with Crippen molar-refractivity contribution in [3.63, 3.8) is 0 Å². The zero-order valence-corrected chi connectivity index (χ0v) is 22.9. The lowest BCUT2D eigenvalue weighted by Gasteiger charge is -2.13. The fourth-order valence-electron chi connectivity index (χ4n) is 5.94. The predicted octanol–water partition coefficient (Wildman–Crippen LogP) is 10.6. The van der Waals surface area contributed by atoms with E-state index < -0.39 is 0 Å². The van der Waals surface area contributed by atoms with Crippen molar-refractivity contribution in [3.05, 3.63) is 158 Å². The van der Waals surface area contributed by atoms with Crippen molar-refractivity contribution >= 4 is 32.3 Å². The molecule has 0 saturated heterocycles. The molecule has 0 aliphatic heterocycles. The summed E-state index contributed by atoms with van der Waals surface area (Å²) in [5, 5.41) is 7.09. The summed E-state index contributed by atoms with van der Waals surface area (Å²) in [5.41, 5.74) is 7.47. The van der Waals surface area contributed by atoms with Crippen LogP contribution in [0, 0.1) is 0 Å². The van der Waals surface area contributed by atoms with E-state index >= 15 is 0 Å². The molecule has 0 amide bonds. The van der Waals surface area contributed by atoms with Crippen LogP contribution in [0.1, 0.15) is 0 Å². The predicted molar refractivity (Wildman–Crippen MR) is 176 cm³/mol. The second-order valence-corrected chi connectivity index (χ2v) is 10.7. The van der Waals surface area contributed by atoms with Crippen LogP contribution in [0.15, 0.2) is 158 Å². The van der Waals surface area contributed by atoms with Crippen LogP contribution in [0.25, 0.3) is 77.3 Å². The third-order valence-corrected chi connectivity index (χ3v) is 8.07. The van der Waals surface area contributed by atoms with Gasteiger partial charge in [0.2, 0.25) is 0 Å². The average Bonchev–Trinajstić information content (AvgIpc) is 3.07. The molecule has 8 aromatic rings. The third kappa shape index (κ3) is 4.31. The minimum absolute atomic E-state index is 0.728. The Morgan fingerprint density at radius 2 is 0.857 bits per heavy atom. The Morgan fingerprint density at radius 3 is 1.60 bits per heavy atom. The van der Waals surface area contributed by atoms with Crippen molar-refractivity contribution in [1.29, 1.82) is 0 Å². The van der Waals surface area contributed by atoms with Crippen LogP contribution in [0.2, 0.25) is 0 Å². The lowest BCUT2D eigenvalue weighted by atomic mass is 9.97. The Labute approximate surface area is 244 Å². The molecule has 0 saturated carbocycles. The molecule has 196 valence electrons. The monoisotopic (exact) mass is 534 g/mol. The van der Waals surface area contributed by atoms with E-state index in [1.165, 1.54) is 38.1 Å². The van der Waals surface area contributed by atoms with E-state index in [0.717, 1.165) is 39.3 Å². The quantitative estimate of drug-likeness (QED) is 0.224. The van der Waals surface area contributed by atoms with Crippen LogP contribution >= 0.6 is 0 Å². The molecule has 0 aliphatic rings. The third-order valence-electron chi connectivity index (χ3n) is 8.07. The van der Waals surface area contributed by atoms with Crippen molar-refractivity contribution in [2.75, 3.05) is 0 Å². The molecule has 0 bridgehead atoms. The molecule has 1 heterocycles. The summed E-state index contributed by atoms with van der Waals surface area (Å²) in [5.74, 6) is 0.728. The fraction of sp³-hybridized carbons (Fsp3) is 0. The first-order valence-corrected chi connectivity index (χ1v) is 14.3. The molecule has 1 aromatic heterocycles. The second kappa shape index (κ2) is 10.1. The van der Waals surface area contributed by atoms with Gasteiger partial charge in [-0.05, 0) is 61.6 Å². The lowest BCUT2D eigenvalue weighted by molar-refractivity contribution is 1.19. The number of fused-ring (bicyclic) bond motifs is 3. The van der Waals surface area contributed by atoms with Gasteiger partial charge in [0, 0.05) is 16.7 Å². The molecule has 0 radical (unpaired) electrons. The van der Waals surface area contributed by atoms with E-state index in [-0.39, 0.29) is 0 Å². The average molecular weight is 535 g/mol. The number of hydrogen-bond donors (Lipinski definition) is 0. The minimum Gasteiger partial charge on any atom is -0.228 e. The molecule has 0 N–H and O–H groups in total. The summed E-state index contributed by atoms with van der Waals surface area (Å²) >= 11 is 0. The molecule has 0 atom stereocenters. The lowest BCUT2D eigenvalue weighted by Crippen LogP contribution is -1.97. The van der Waals surface area contributed by atoms with Gasteiger partial charge < -0.3 is 0 Å². The summed E-state index contributed by atoms with van der Waals surface area (Å²) in [7, 11) is 0. The number of nitrogens with zero attached hydrogens (tertiary/aromatic N) is 2. The van der Waals surface area contributed by atoms with Gasteiger partial charge in [0.05, 0.1) is 11.4 Å². The molecule has 2 nitrogen and oxygen atoms in total. The number of aromatic nitrogens is 2. The van der Waals surface area contributed by atoms with Crippen LogP contribution in [-0.2, 0) is 0 Å². The SMILES string of the molecule is c1ccc(-c2ccc3cc(-c4cc(-c5cccc6ccccc56)nc(-c5cccc6ccccc56)n4)ccc3c2)cc1. The standard InChI is InChI=1S/C40H26N2/c1-2-10-27(11-3-1)30-20-21-32-25-33(23-22-31(32)24-30)38-26-39(36-18-8-14-28-12-4-6-16-34(28)36)42-40(41-38)37-19-9-15-29-13-5-7-17-35(29)37/h1-26H. The first-order valence-electron chi connectivity index (χ1n) is 14.3. The molecular weight excluding hydrogens is 508 g/mol. The first kappa shape index (κ1) is 24.2. The summed E-state index contributed by atoms with van der Waals surface area (Å²) < 4.78 is 0. The highest BCUT2D eigenvalue weighted by atomic mass is 14.9. The summed E-state index contributed by atoms with van der Waals surface area (Å²) in [6.45, 7) is 0. The Morgan fingerprint density at radius 1 is 0.310 bits per heavy atom. The van der Waals surface area contributed by atoms with E-state index in [1.54, 1.807) is 0 Å². The highest BCUT2D eigenvalue weighted by molar-refractivity contribution is 5.99. The summed E-state index contributed by atoms with van der Waals surface area (Å²) in [6, 6.07) is 55.7.